The number of halogens is 1. The molecule has 32 heavy (non-hydrogen) atoms. The topological polar surface area (TPSA) is 58.4 Å². The van der Waals surface area contributed by atoms with Gasteiger partial charge in [0, 0.05) is 41.1 Å². The van der Waals surface area contributed by atoms with Crippen molar-refractivity contribution >= 4 is 46.1 Å². The summed E-state index contributed by atoms with van der Waals surface area (Å²) in [5.41, 5.74) is 4.99. The number of carbonyl (C=O) groups is 1. The van der Waals surface area contributed by atoms with Crippen LogP contribution in [0.5, 0.6) is 0 Å². The lowest BCUT2D eigenvalue weighted by atomic mass is 10.2. The number of nitrogens with one attached hydrogen (secondary N) is 1. The number of carbonyl (C=O) groups excluding carboxylic acids is 1. The molecule has 1 aromatic heterocycles. The number of fused-ring (bicyclic) bond motifs is 1. The molecule has 4 aromatic rings. The maximum atomic E-state index is 12.3. The van der Waals surface area contributed by atoms with E-state index in [9.17, 15) is 4.79 Å². The Morgan fingerprint density at radius 2 is 1.75 bits per heavy atom. The number of anilines is 2. The van der Waals surface area contributed by atoms with Crippen molar-refractivity contribution in [2.75, 3.05) is 23.3 Å². The average Bonchev–Trinajstić information content (AvgIpc) is 3.23. The van der Waals surface area contributed by atoms with E-state index in [2.05, 4.69) is 41.2 Å². The van der Waals surface area contributed by atoms with Crippen LogP contribution in [0, 0.1) is 0 Å². The predicted molar refractivity (Wildman–Crippen MR) is 132 cm³/mol. The molecule has 4 rings (SSSR count). The van der Waals surface area contributed by atoms with Crippen LogP contribution in [-0.2, 0) is 4.79 Å². The number of hydrogen-bond donors (Lipinski definition) is 1. The molecular weight excluding hydrogens is 422 g/mol. The van der Waals surface area contributed by atoms with Crippen LogP contribution in [0.2, 0.25) is 5.02 Å². The van der Waals surface area contributed by atoms with E-state index in [0.29, 0.717) is 27.7 Å². The van der Waals surface area contributed by atoms with Crippen molar-refractivity contribution in [3.05, 3.63) is 83.4 Å². The third kappa shape index (κ3) is 5.01. The lowest BCUT2D eigenvalue weighted by molar-refractivity contribution is -0.111. The molecule has 0 aliphatic carbocycles. The first-order chi connectivity index (χ1) is 15.6. The Balaban J connectivity index is 1.48. The number of aromatic nitrogens is 1. The minimum Gasteiger partial charge on any atom is -0.436 e. The third-order valence-corrected chi connectivity index (χ3v) is 5.45. The zero-order chi connectivity index (χ0) is 22.5. The summed E-state index contributed by atoms with van der Waals surface area (Å²) in [6, 6.07) is 20.9. The van der Waals surface area contributed by atoms with Crippen molar-refractivity contribution in [2.24, 2.45) is 0 Å². The number of amides is 1. The third-order valence-electron chi connectivity index (χ3n) is 5.20. The van der Waals surface area contributed by atoms with E-state index in [1.165, 1.54) is 11.8 Å². The van der Waals surface area contributed by atoms with Crippen LogP contribution in [0.25, 0.3) is 28.6 Å². The monoisotopic (exact) mass is 445 g/mol. The molecule has 0 bridgehead atoms. The summed E-state index contributed by atoms with van der Waals surface area (Å²) in [5.74, 6) is 0.326. The molecule has 6 heteroatoms. The molecule has 0 radical (unpaired) electrons. The second kappa shape index (κ2) is 9.71. The van der Waals surface area contributed by atoms with Crippen molar-refractivity contribution in [3.8, 4) is 11.5 Å². The Kier molecular flexibility index (Phi) is 6.57. The Bertz CT molecular complexity index is 1240. The van der Waals surface area contributed by atoms with Gasteiger partial charge in [-0.3, -0.25) is 4.79 Å². The van der Waals surface area contributed by atoms with Crippen molar-refractivity contribution in [2.45, 2.75) is 13.8 Å². The highest BCUT2D eigenvalue weighted by molar-refractivity contribution is 6.30. The van der Waals surface area contributed by atoms with Gasteiger partial charge in [-0.25, -0.2) is 4.98 Å². The minimum absolute atomic E-state index is 0.227. The number of nitrogens with zero attached hydrogens (tertiary/aromatic N) is 2. The van der Waals surface area contributed by atoms with Gasteiger partial charge in [0.25, 0.3) is 0 Å². The Hall–Kier alpha value is -3.57. The summed E-state index contributed by atoms with van der Waals surface area (Å²) in [7, 11) is 0. The van der Waals surface area contributed by atoms with Crippen LogP contribution in [0.3, 0.4) is 0 Å². The Morgan fingerprint density at radius 1 is 1.03 bits per heavy atom. The maximum Gasteiger partial charge on any atom is 0.248 e. The molecule has 3 aromatic carbocycles. The van der Waals surface area contributed by atoms with Crippen LogP contribution in [0.4, 0.5) is 11.4 Å². The van der Waals surface area contributed by atoms with Crippen LogP contribution in [0.15, 0.2) is 77.2 Å². The number of oxazole rings is 1. The maximum absolute atomic E-state index is 12.3. The molecule has 5 nitrogen and oxygen atoms in total. The quantitative estimate of drug-likeness (QED) is 0.324. The number of benzene rings is 3. The van der Waals surface area contributed by atoms with E-state index in [1.807, 2.05) is 30.3 Å². The highest BCUT2D eigenvalue weighted by Crippen LogP contribution is 2.28. The number of rotatable bonds is 7. The molecule has 1 N–H and O–H groups in total. The predicted octanol–water partition coefficient (Wildman–Crippen LogP) is 6.65. The SMILES string of the molecule is CCN(CC)c1ccc(-c2nc3cc(NC(=O)/C=C\c4ccc(Cl)cc4)ccc3o2)cc1. The van der Waals surface area contributed by atoms with Crippen molar-refractivity contribution in [1.29, 1.82) is 0 Å². The molecule has 0 saturated heterocycles. The van der Waals surface area contributed by atoms with Crippen LogP contribution in [0.1, 0.15) is 19.4 Å². The van der Waals surface area contributed by atoms with Crippen LogP contribution < -0.4 is 10.2 Å². The molecule has 1 heterocycles. The molecule has 0 fully saturated rings. The summed E-state index contributed by atoms with van der Waals surface area (Å²) < 4.78 is 5.92. The summed E-state index contributed by atoms with van der Waals surface area (Å²) in [5, 5.41) is 3.52. The molecule has 162 valence electrons. The first kappa shape index (κ1) is 21.7. The van der Waals surface area contributed by atoms with Crippen molar-refractivity contribution < 1.29 is 9.21 Å². The normalized spacial score (nSPS) is 11.2. The average molecular weight is 446 g/mol. The molecule has 0 saturated carbocycles. The van der Waals surface area contributed by atoms with Gasteiger partial charge in [-0.2, -0.15) is 0 Å². The second-order valence-electron chi connectivity index (χ2n) is 7.29. The zero-order valence-electron chi connectivity index (χ0n) is 18.0. The van der Waals surface area contributed by atoms with Gasteiger partial charge in [-0.1, -0.05) is 23.7 Å². The van der Waals surface area contributed by atoms with Crippen molar-refractivity contribution in [3.63, 3.8) is 0 Å². The largest absolute Gasteiger partial charge is 0.436 e. The Labute approximate surface area is 192 Å². The van der Waals surface area contributed by atoms with Gasteiger partial charge >= 0.3 is 0 Å². The minimum atomic E-state index is -0.227. The molecular formula is C26H24ClN3O2. The lowest BCUT2D eigenvalue weighted by Gasteiger charge is -2.20. The summed E-state index contributed by atoms with van der Waals surface area (Å²) in [6.07, 6.45) is 3.22. The fourth-order valence-electron chi connectivity index (χ4n) is 3.46. The molecule has 0 unspecified atom stereocenters. The van der Waals surface area contributed by atoms with Crippen LogP contribution in [-0.4, -0.2) is 24.0 Å². The van der Waals surface area contributed by atoms with Gasteiger partial charge in [0.15, 0.2) is 5.58 Å². The van der Waals surface area contributed by atoms with E-state index in [1.54, 1.807) is 30.3 Å². The van der Waals surface area contributed by atoms with E-state index in [4.69, 9.17) is 16.0 Å². The summed E-state index contributed by atoms with van der Waals surface area (Å²) in [4.78, 5) is 19.2. The standard InChI is InChI=1S/C26H24ClN3O2/c1-3-30(4-2)22-13-8-19(9-14-22)26-29-23-17-21(12-15-24(23)32-26)28-25(31)16-7-18-5-10-20(27)11-6-18/h5-17H,3-4H2,1-2H3,(H,28,31)/b16-7-. The smallest absolute Gasteiger partial charge is 0.248 e. The summed E-state index contributed by atoms with van der Waals surface area (Å²) >= 11 is 5.88. The van der Waals surface area contributed by atoms with Gasteiger partial charge in [0.2, 0.25) is 11.8 Å². The van der Waals surface area contributed by atoms with Crippen molar-refractivity contribution in [1.82, 2.24) is 4.98 Å². The van der Waals surface area contributed by atoms with E-state index < -0.39 is 0 Å². The Morgan fingerprint density at radius 3 is 2.44 bits per heavy atom. The van der Waals surface area contributed by atoms with Gasteiger partial charge in [-0.05, 0) is 80.1 Å². The van der Waals surface area contributed by atoms with E-state index in [0.717, 1.165) is 24.2 Å². The highest BCUT2D eigenvalue weighted by Gasteiger charge is 2.10. The molecule has 1 amide bonds. The lowest BCUT2D eigenvalue weighted by Crippen LogP contribution is -2.21. The fourth-order valence-corrected chi connectivity index (χ4v) is 3.59. The second-order valence-corrected chi connectivity index (χ2v) is 7.73. The number of hydrogen-bond acceptors (Lipinski definition) is 4. The highest BCUT2D eigenvalue weighted by atomic mass is 35.5. The summed E-state index contributed by atoms with van der Waals surface area (Å²) in [6.45, 7) is 6.20. The molecule has 0 atom stereocenters. The molecule has 0 aliphatic rings. The molecule has 0 aliphatic heterocycles. The van der Waals surface area contributed by atoms with Gasteiger partial charge in [0.05, 0.1) is 0 Å². The van der Waals surface area contributed by atoms with Gasteiger partial charge < -0.3 is 14.6 Å². The zero-order valence-corrected chi connectivity index (χ0v) is 18.8. The van der Waals surface area contributed by atoms with Gasteiger partial charge in [0.1, 0.15) is 5.52 Å². The first-order valence-electron chi connectivity index (χ1n) is 10.6. The molecule has 0 spiro atoms. The van der Waals surface area contributed by atoms with Gasteiger partial charge in [-0.15, -0.1) is 0 Å². The van der Waals surface area contributed by atoms with E-state index >= 15 is 0 Å². The fraction of sp³-hybridized carbons (Fsp3) is 0.154. The first-order valence-corrected chi connectivity index (χ1v) is 10.9. The van der Waals surface area contributed by atoms with Crippen LogP contribution >= 0.6 is 11.6 Å². The van der Waals surface area contributed by atoms with E-state index in [-0.39, 0.29) is 5.91 Å².